The van der Waals surface area contributed by atoms with Gasteiger partial charge in [-0.05, 0) is 6.08 Å². The molecule has 14 nitrogen and oxygen atoms in total. The zero-order valence-electron chi connectivity index (χ0n) is 10.8. The Morgan fingerprint density at radius 1 is 0.952 bits per heavy atom. The molecule has 0 saturated heterocycles. The summed E-state index contributed by atoms with van der Waals surface area (Å²) in [5.74, 6) is -0.249. The molecule has 0 amide bonds. The van der Waals surface area contributed by atoms with Gasteiger partial charge in [0.2, 0.25) is 0 Å². The Morgan fingerprint density at radius 3 is 1.76 bits per heavy atom. The van der Waals surface area contributed by atoms with Crippen molar-refractivity contribution < 1.29 is 13.7 Å². The summed E-state index contributed by atoms with van der Waals surface area (Å²) in [4.78, 5) is 0. The topological polar surface area (TPSA) is 278 Å². The van der Waals surface area contributed by atoms with Crippen molar-refractivity contribution in [2.75, 3.05) is 0 Å². The zero-order chi connectivity index (χ0) is 16.8. The van der Waals surface area contributed by atoms with Crippen LogP contribution in [0, 0.1) is 0 Å². The van der Waals surface area contributed by atoms with Crippen LogP contribution in [0.25, 0.3) is 0 Å². The van der Waals surface area contributed by atoms with E-state index in [0.29, 0.717) is 4.67 Å². The zero-order valence-corrected chi connectivity index (χ0v) is 13.5. The van der Waals surface area contributed by atoms with Crippen molar-refractivity contribution in [3.63, 3.8) is 0 Å². The van der Waals surface area contributed by atoms with E-state index in [1.165, 1.54) is 0 Å². The van der Waals surface area contributed by atoms with Crippen LogP contribution in [0.2, 0.25) is 0 Å². The van der Waals surface area contributed by atoms with Gasteiger partial charge in [0.25, 0.3) is 15.2 Å². The van der Waals surface area contributed by atoms with E-state index in [-0.39, 0.29) is 5.82 Å². The van der Waals surface area contributed by atoms with Gasteiger partial charge in [-0.15, -0.1) is 0 Å². The second-order valence-electron chi connectivity index (χ2n) is 4.35. The van der Waals surface area contributed by atoms with E-state index < -0.39 is 35.2 Å². The van der Waals surface area contributed by atoms with Gasteiger partial charge in [-0.3, -0.25) is 62.2 Å². The van der Waals surface area contributed by atoms with Crippen molar-refractivity contribution in [2.45, 2.75) is 12.5 Å². The quantitative estimate of drug-likeness (QED) is 0.220. The average Bonchev–Trinajstić information content (AvgIpc) is 2.07. The van der Waals surface area contributed by atoms with Gasteiger partial charge in [0.15, 0.2) is 6.29 Å². The Bertz CT molecular complexity index is 573. The molecule has 0 aromatic heterocycles. The first-order valence-corrected chi connectivity index (χ1v) is 10.7. The molecule has 21 heavy (non-hydrogen) atoms. The van der Waals surface area contributed by atoms with Gasteiger partial charge in [0.05, 0.1) is 6.17 Å². The molecule has 2 atom stereocenters. The number of nitrogens with two attached hydrogens (primary N) is 8. The third kappa shape index (κ3) is 4.57. The molecule has 1 aliphatic rings. The van der Waals surface area contributed by atoms with Crippen molar-refractivity contribution in [3.05, 3.63) is 11.9 Å². The van der Waals surface area contributed by atoms with Gasteiger partial charge in [-0.25, -0.2) is 0 Å². The van der Waals surface area contributed by atoms with Crippen LogP contribution in [0.1, 0.15) is 0 Å². The number of nitrogens with one attached hydrogen (secondary N) is 1. The van der Waals surface area contributed by atoms with E-state index in [9.17, 15) is 13.7 Å². The summed E-state index contributed by atoms with van der Waals surface area (Å²) in [6, 6.07) is 0. The standard InChI is InChI=1S/C4H20N11O3P3/c5-2-1-3(13-19(7,8)16)15(21(11,12)18)4(6)14(2)20(9,10)17/h1-2,4H,5-6H2,(H4,9,10,17)(H4,11,12,18)(H5,7,8,13,16). The molecule has 1 aliphatic heterocycles. The Labute approximate surface area is 120 Å². The molecule has 0 spiro atoms. The molecule has 1 rings (SSSR count). The highest BCUT2D eigenvalue weighted by Gasteiger charge is 2.44. The van der Waals surface area contributed by atoms with Crippen molar-refractivity contribution in [1.82, 2.24) is 14.4 Å². The largest absolute Gasteiger partial charge is 0.312 e. The Kier molecular flexibility index (Phi) is 5.08. The summed E-state index contributed by atoms with van der Waals surface area (Å²) in [7, 11) is -11.8. The predicted molar refractivity (Wildman–Crippen MR) is 78.8 cm³/mol. The lowest BCUT2D eigenvalue weighted by molar-refractivity contribution is 0.160. The second-order valence-corrected chi connectivity index (χ2v) is 9.57. The summed E-state index contributed by atoms with van der Waals surface area (Å²) in [5.41, 5.74) is 43.1. The Morgan fingerprint density at radius 2 is 1.43 bits per heavy atom. The van der Waals surface area contributed by atoms with Gasteiger partial charge in [-0.1, -0.05) is 0 Å². The van der Waals surface area contributed by atoms with Gasteiger partial charge in [0.1, 0.15) is 5.82 Å². The number of hydrogen-bond donors (Lipinski definition) is 9. The van der Waals surface area contributed by atoms with Crippen LogP contribution < -0.4 is 49.6 Å². The van der Waals surface area contributed by atoms with Crippen molar-refractivity contribution in [3.8, 4) is 0 Å². The fraction of sp³-hybridized carbons (Fsp3) is 0.500. The average molecular weight is 363 g/mol. The predicted octanol–water partition coefficient (Wildman–Crippen LogP) is -3.36. The lowest BCUT2D eigenvalue weighted by Crippen LogP contribution is -2.63. The Balaban J connectivity index is 3.39. The first-order valence-electron chi connectivity index (χ1n) is 5.26. The summed E-state index contributed by atoms with van der Waals surface area (Å²) in [6.45, 7) is 0. The fourth-order valence-corrected chi connectivity index (χ4v) is 4.35. The SMILES string of the molecule is NC1C=C(NP(N)(N)=O)N(P(N)(N)=O)C(N)N1P(N)(N)=O. The van der Waals surface area contributed by atoms with Crippen LogP contribution in [0.15, 0.2) is 11.9 Å². The lowest BCUT2D eigenvalue weighted by atomic mass is 10.4. The van der Waals surface area contributed by atoms with Crippen molar-refractivity contribution in [1.29, 1.82) is 0 Å². The molecule has 17 heteroatoms. The monoisotopic (exact) mass is 363 g/mol. The molecule has 2 unspecified atom stereocenters. The highest BCUT2D eigenvalue weighted by atomic mass is 31.2. The fourth-order valence-electron chi connectivity index (χ4n) is 1.76. The number of nitrogens with zero attached hydrogens (tertiary/aromatic N) is 2. The van der Waals surface area contributed by atoms with Crippen molar-refractivity contribution in [2.24, 2.45) is 44.5 Å². The molecule has 0 aromatic rings. The maximum atomic E-state index is 12.0. The molecule has 0 saturated carbocycles. The molecular formula is C4H20N11O3P3. The minimum atomic E-state index is -4.06. The molecule has 124 valence electrons. The molecule has 0 aromatic carbocycles. The molecular weight excluding hydrogens is 343 g/mol. The summed E-state index contributed by atoms with van der Waals surface area (Å²) in [5, 5.41) is 2.16. The normalized spacial score (nSPS) is 25.7. The number of rotatable bonds is 4. The van der Waals surface area contributed by atoms with Crippen LogP contribution in [0.4, 0.5) is 0 Å². The van der Waals surface area contributed by atoms with Gasteiger partial charge in [-0.2, -0.15) is 4.67 Å². The van der Waals surface area contributed by atoms with Crippen molar-refractivity contribution >= 4 is 22.8 Å². The summed E-state index contributed by atoms with van der Waals surface area (Å²) < 4.78 is 36.7. The van der Waals surface area contributed by atoms with Gasteiger partial charge < -0.3 is 5.73 Å². The molecule has 0 bridgehead atoms. The summed E-state index contributed by atoms with van der Waals surface area (Å²) in [6.07, 6.45) is -1.63. The number of hydrogen-bond acceptors (Lipinski definition) is 5. The minimum Gasteiger partial charge on any atom is -0.312 e. The minimum absolute atomic E-state index is 0.249. The van der Waals surface area contributed by atoms with E-state index in [4.69, 9.17) is 44.5 Å². The van der Waals surface area contributed by atoms with E-state index in [1.54, 1.807) is 0 Å². The highest BCUT2D eigenvalue weighted by Crippen LogP contribution is 2.46. The van der Waals surface area contributed by atoms with Crippen LogP contribution in [-0.4, -0.2) is 21.8 Å². The molecule has 0 fully saturated rings. The van der Waals surface area contributed by atoms with Gasteiger partial charge in [0, 0.05) is 0 Å². The molecule has 0 aliphatic carbocycles. The van der Waals surface area contributed by atoms with E-state index in [0.717, 1.165) is 10.7 Å². The maximum Gasteiger partial charge on any atom is 0.304 e. The maximum absolute atomic E-state index is 12.0. The first kappa shape index (κ1) is 18.7. The molecule has 1 heterocycles. The Hall–Kier alpha value is -0.330. The van der Waals surface area contributed by atoms with E-state index in [1.807, 2.05) is 0 Å². The molecule has 0 radical (unpaired) electrons. The smallest absolute Gasteiger partial charge is 0.304 e. The third-order valence-corrected chi connectivity index (χ3v) is 5.32. The van der Waals surface area contributed by atoms with E-state index >= 15 is 0 Å². The summed E-state index contributed by atoms with van der Waals surface area (Å²) >= 11 is 0. The van der Waals surface area contributed by atoms with Gasteiger partial charge >= 0.3 is 7.59 Å². The first-order chi connectivity index (χ1) is 9.14. The lowest BCUT2D eigenvalue weighted by Gasteiger charge is -2.46. The van der Waals surface area contributed by atoms with E-state index in [2.05, 4.69) is 5.09 Å². The van der Waals surface area contributed by atoms with Crippen LogP contribution in [-0.2, 0) is 13.7 Å². The van der Waals surface area contributed by atoms with Crippen LogP contribution in [0.5, 0.6) is 0 Å². The van der Waals surface area contributed by atoms with Crippen LogP contribution >= 0.6 is 22.8 Å². The highest BCUT2D eigenvalue weighted by molar-refractivity contribution is 7.58. The second kappa shape index (κ2) is 5.70. The molecule has 17 N–H and O–H groups in total. The third-order valence-electron chi connectivity index (χ3n) is 2.39. The van der Waals surface area contributed by atoms with Crippen LogP contribution in [0.3, 0.4) is 0 Å².